The van der Waals surface area contributed by atoms with Crippen molar-refractivity contribution in [1.82, 2.24) is 0 Å². The number of fused-ring (bicyclic) bond motifs is 1. The molecule has 0 N–H and O–H groups in total. The summed E-state index contributed by atoms with van der Waals surface area (Å²) in [6.07, 6.45) is 19.9. The van der Waals surface area contributed by atoms with Crippen LogP contribution in [0.25, 0.3) is 0 Å². The van der Waals surface area contributed by atoms with Gasteiger partial charge in [-0.1, -0.05) is 50.0 Å². The minimum absolute atomic E-state index is 0.924. The van der Waals surface area contributed by atoms with E-state index in [9.17, 15) is 0 Å². The van der Waals surface area contributed by atoms with Gasteiger partial charge in [-0.15, -0.1) is 0 Å². The fourth-order valence-corrected chi connectivity index (χ4v) is 3.34. The maximum absolute atomic E-state index is 2.46. The van der Waals surface area contributed by atoms with Crippen LogP contribution in [0.2, 0.25) is 0 Å². The Morgan fingerprint density at radius 2 is 2.12 bits per heavy atom. The smallest absolute Gasteiger partial charge is 0.0197 e. The van der Waals surface area contributed by atoms with Gasteiger partial charge < -0.3 is 0 Å². The monoisotopic (exact) mass is 218 g/mol. The first-order valence-corrected chi connectivity index (χ1v) is 7.28. The molecule has 0 aromatic carbocycles. The Morgan fingerprint density at radius 1 is 1.19 bits per heavy atom. The molecule has 0 saturated heterocycles. The molecule has 0 aromatic heterocycles. The van der Waals surface area contributed by atoms with Crippen molar-refractivity contribution in [2.45, 2.75) is 64.7 Å². The minimum Gasteiger partial charge on any atom is -0.0845 e. The molecule has 16 heavy (non-hydrogen) atoms. The molecule has 0 radical (unpaired) electrons. The van der Waals surface area contributed by atoms with Gasteiger partial charge in [0.1, 0.15) is 0 Å². The Bertz CT molecular complexity index is 259. The Labute approximate surface area is 101 Å². The van der Waals surface area contributed by atoms with Crippen LogP contribution in [0.3, 0.4) is 0 Å². The van der Waals surface area contributed by atoms with Gasteiger partial charge in [-0.05, 0) is 50.4 Å². The number of allylic oxidation sites excluding steroid dienone is 4. The Balaban J connectivity index is 2.02. The van der Waals surface area contributed by atoms with Crippen molar-refractivity contribution in [2.24, 2.45) is 11.8 Å². The summed E-state index contributed by atoms with van der Waals surface area (Å²) in [4.78, 5) is 0. The van der Waals surface area contributed by atoms with E-state index < -0.39 is 0 Å². The molecule has 0 nitrogen and oxygen atoms in total. The van der Waals surface area contributed by atoms with Crippen molar-refractivity contribution in [3.8, 4) is 0 Å². The summed E-state index contributed by atoms with van der Waals surface area (Å²) < 4.78 is 0. The summed E-state index contributed by atoms with van der Waals surface area (Å²) in [7, 11) is 0. The Morgan fingerprint density at radius 3 is 3.00 bits per heavy atom. The van der Waals surface area contributed by atoms with E-state index in [0.717, 1.165) is 11.8 Å². The van der Waals surface area contributed by atoms with Gasteiger partial charge in [0.05, 0.1) is 0 Å². The molecule has 0 aromatic rings. The predicted molar refractivity (Wildman–Crippen MR) is 71.4 cm³/mol. The topological polar surface area (TPSA) is 0 Å². The maximum atomic E-state index is 2.46. The largest absolute Gasteiger partial charge is 0.0845 e. The minimum atomic E-state index is 0.924. The molecule has 2 aliphatic rings. The second-order valence-corrected chi connectivity index (χ2v) is 5.49. The summed E-state index contributed by atoms with van der Waals surface area (Å²) in [6.45, 7) is 2.31. The molecule has 1 fully saturated rings. The molecule has 0 heteroatoms. The van der Waals surface area contributed by atoms with Crippen molar-refractivity contribution in [3.63, 3.8) is 0 Å². The molecular weight excluding hydrogens is 192 g/mol. The van der Waals surface area contributed by atoms with E-state index >= 15 is 0 Å². The lowest BCUT2D eigenvalue weighted by atomic mass is 9.90. The first kappa shape index (κ1) is 12.0. The highest BCUT2D eigenvalue weighted by Crippen LogP contribution is 2.42. The van der Waals surface area contributed by atoms with Gasteiger partial charge in [0.2, 0.25) is 0 Å². The fourth-order valence-electron chi connectivity index (χ4n) is 3.34. The molecule has 2 aliphatic carbocycles. The molecule has 2 rings (SSSR count). The second kappa shape index (κ2) is 6.27. The van der Waals surface area contributed by atoms with Crippen molar-refractivity contribution in [3.05, 3.63) is 23.8 Å². The van der Waals surface area contributed by atoms with E-state index in [1.54, 1.807) is 5.57 Å². The van der Waals surface area contributed by atoms with Crippen LogP contribution < -0.4 is 0 Å². The maximum Gasteiger partial charge on any atom is -0.0197 e. The van der Waals surface area contributed by atoms with Crippen LogP contribution in [0.5, 0.6) is 0 Å². The highest BCUT2D eigenvalue weighted by atomic mass is 14.3. The Kier molecular flexibility index (Phi) is 4.69. The zero-order valence-corrected chi connectivity index (χ0v) is 10.8. The van der Waals surface area contributed by atoms with E-state index in [-0.39, 0.29) is 0 Å². The van der Waals surface area contributed by atoms with E-state index in [2.05, 4.69) is 25.2 Å². The first-order valence-electron chi connectivity index (χ1n) is 7.28. The third-order valence-corrected chi connectivity index (χ3v) is 4.31. The molecule has 1 saturated carbocycles. The molecule has 2 atom stereocenters. The van der Waals surface area contributed by atoms with Crippen LogP contribution >= 0.6 is 0 Å². The number of hydrogen-bond acceptors (Lipinski definition) is 0. The van der Waals surface area contributed by atoms with Gasteiger partial charge in [0, 0.05) is 0 Å². The summed E-state index contributed by atoms with van der Waals surface area (Å²) in [5, 5.41) is 0. The zero-order valence-electron chi connectivity index (χ0n) is 10.8. The fraction of sp³-hybridized carbons (Fsp3) is 0.750. The highest BCUT2D eigenvalue weighted by molar-refractivity contribution is 5.22. The molecule has 0 spiro atoms. The standard InChI is InChI=1S/C16H26/c1-2-3-9-14-12-13-15-10-7-5-4-6-8-11-16(14)15/h6,8,11,14-15H,2-5,7,9-10,12-13H2,1H3/b8-6+,16-11-. The molecule has 0 amide bonds. The molecule has 0 bridgehead atoms. The SMILES string of the molecule is CCCCC1CCC2CCCC/C=C/C=C/12. The summed E-state index contributed by atoms with van der Waals surface area (Å²) in [5.74, 6) is 1.86. The lowest BCUT2D eigenvalue weighted by Gasteiger charge is -2.16. The van der Waals surface area contributed by atoms with Gasteiger partial charge in [0.15, 0.2) is 0 Å². The van der Waals surface area contributed by atoms with Crippen LogP contribution in [0.15, 0.2) is 23.8 Å². The summed E-state index contributed by atoms with van der Waals surface area (Å²) in [6, 6.07) is 0. The van der Waals surface area contributed by atoms with Gasteiger partial charge in [-0.25, -0.2) is 0 Å². The van der Waals surface area contributed by atoms with Gasteiger partial charge in [-0.3, -0.25) is 0 Å². The van der Waals surface area contributed by atoms with Crippen LogP contribution in [0.4, 0.5) is 0 Å². The van der Waals surface area contributed by atoms with Gasteiger partial charge in [-0.2, -0.15) is 0 Å². The van der Waals surface area contributed by atoms with Crippen LogP contribution in [0.1, 0.15) is 64.7 Å². The lowest BCUT2D eigenvalue weighted by molar-refractivity contribution is 0.532. The van der Waals surface area contributed by atoms with Crippen molar-refractivity contribution < 1.29 is 0 Å². The average Bonchev–Trinajstić information content (AvgIpc) is 2.70. The molecule has 0 heterocycles. The van der Waals surface area contributed by atoms with Crippen LogP contribution in [-0.2, 0) is 0 Å². The molecule has 90 valence electrons. The van der Waals surface area contributed by atoms with E-state index in [0.29, 0.717) is 0 Å². The molecule has 0 aliphatic heterocycles. The van der Waals surface area contributed by atoms with Gasteiger partial charge in [0.25, 0.3) is 0 Å². The van der Waals surface area contributed by atoms with E-state index in [4.69, 9.17) is 0 Å². The lowest BCUT2D eigenvalue weighted by Crippen LogP contribution is -2.02. The third kappa shape index (κ3) is 2.99. The van der Waals surface area contributed by atoms with E-state index in [1.165, 1.54) is 57.8 Å². The van der Waals surface area contributed by atoms with Crippen LogP contribution in [0, 0.1) is 11.8 Å². The quantitative estimate of drug-likeness (QED) is 0.606. The normalized spacial score (nSPS) is 35.4. The van der Waals surface area contributed by atoms with E-state index in [1.807, 2.05) is 0 Å². The molecular formula is C16H26. The second-order valence-electron chi connectivity index (χ2n) is 5.49. The number of rotatable bonds is 3. The third-order valence-electron chi connectivity index (χ3n) is 4.31. The summed E-state index contributed by atoms with van der Waals surface area (Å²) in [5.41, 5.74) is 1.80. The van der Waals surface area contributed by atoms with Gasteiger partial charge >= 0.3 is 0 Å². The van der Waals surface area contributed by atoms with Crippen molar-refractivity contribution in [1.29, 1.82) is 0 Å². The average molecular weight is 218 g/mol. The van der Waals surface area contributed by atoms with Crippen molar-refractivity contribution in [2.75, 3.05) is 0 Å². The first-order chi connectivity index (χ1) is 7.92. The predicted octanol–water partition coefficient (Wildman–Crippen LogP) is 5.26. The molecule has 2 unspecified atom stereocenters. The zero-order chi connectivity index (χ0) is 11.2. The Hall–Kier alpha value is -0.520. The van der Waals surface area contributed by atoms with Crippen molar-refractivity contribution >= 4 is 0 Å². The number of unbranched alkanes of at least 4 members (excludes halogenated alkanes) is 1. The highest BCUT2D eigenvalue weighted by Gasteiger charge is 2.28. The number of hydrogen-bond donors (Lipinski definition) is 0. The van der Waals surface area contributed by atoms with Crippen LogP contribution in [-0.4, -0.2) is 0 Å². The summed E-state index contributed by atoms with van der Waals surface area (Å²) >= 11 is 0.